The van der Waals surface area contributed by atoms with Crippen molar-refractivity contribution < 1.29 is 0 Å². The van der Waals surface area contributed by atoms with E-state index in [2.05, 4.69) is 30.0 Å². The van der Waals surface area contributed by atoms with E-state index in [0.717, 1.165) is 32.0 Å². The summed E-state index contributed by atoms with van der Waals surface area (Å²) in [4.78, 5) is 2.54. The number of aryl methyl sites for hydroxylation is 2. The molecule has 0 saturated carbocycles. The molecule has 18 heavy (non-hydrogen) atoms. The number of nitrogens with zero attached hydrogens (tertiary/aromatic N) is 3. The van der Waals surface area contributed by atoms with Crippen LogP contribution >= 0.6 is 0 Å². The molecule has 2 heterocycles. The van der Waals surface area contributed by atoms with Gasteiger partial charge >= 0.3 is 0 Å². The summed E-state index contributed by atoms with van der Waals surface area (Å²) in [5.41, 5.74) is 8.48. The van der Waals surface area contributed by atoms with E-state index in [4.69, 9.17) is 5.73 Å². The van der Waals surface area contributed by atoms with Gasteiger partial charge in [-0.25, -0.2) is 0 Å². The number of hydrogen-bond donors (Lipinski definition) is 1. The summed E-state index contributed by atoms with van der Waals surface area (Å²) in [6, 6.07) is 0. The molecule has 2 atom stereocenters. The zero-order valence-electron chi connectivity index (χ0n) is 11.9. The van der Waals surface area contributed by atoms with Crippen LogP contribution in [0.4, 0.5) is 0 Å². The van der Waals surface area contributed by atoms with E-state index in [1.54, 1.807) is 0 Å². The lowest BCUT2D eigenvalue weighted by Crippen LogP contribution is -2.42. The van der Waals surface area contributed by atoms with Gasteiger partial charge in [0.25, 0.3) is 0 Å². The van der Waals surface area contributed by atoms with Crippen LogP contribution < -0.4 is 5.73 Å². The largest absolute Gasteiger partial charge is 0.330 e. The average Bonchev–Trinajstić information content (AvgIpc) is 2.72. The molecular weight excluding hydrogens is 224 g/mol. The Morgan fingerprint density at radius 1 is 1.50 bits per heavy atom. The van der Waals surface area contributed by atoms with E-state index in [0.29, 0.717) is 5.92 Å². The molecule has 2 unspecified atom stereocenters. The van der Waals surface area contributed by atoms with Gasteiger partial charge < -0.3 is 5.73 Å². The maximum Gasteiger partial charge on any atom is 0.0666 e. The average molecular weight is 250 g/mol. The van der Waals surface area contributed by atoms with Crippen molar-refractivity contribution in [2.45, 2.75) is 33.2 Å². The van der Waals surface area contributed by atoms with Crippen LogP contribution in [0.25, 0.3) is 0 Å². The Morgan fingerprint density at radius 2 is 2.28 bits per heavy atom. The van der Waals surface area contributed by atoms with E-state index in [9.17, 15) is 0 Å². The third-order valence-electron chi connectivity index (χ3n) is 4.22. The number of piperidine rings is 1. The van der Waals surface area contributed by atoms with Gasteiger partial charge in [0.2, 0.25) is 0 Å². The number of nitrogens with two attached hydrogens (primary N) is 1. The molecule has 4 nitrogen and oxygen atoms in total. The highest BCUT2D eigenvalue weighted by atomic mass is 15.3. The molecule has 0 radical (unpaired) electrons. The zero-order valence-corrected chi connectivity index (χ0v) is 11.9. The molecule has 2 N–H and O–H groups in total. The molecule has 102 valence electrons. The summed E-state index contributed by atoms with van der Waals surface area (Å²) in [5.74, 6) is 1.42. The number of aromatic nitrogens is 2. The van der Waals surface area contributed by atoms with Crippen LogP contribution in [-0.2, 0) is 20.0 Å². The maximum atomic E-state index is 5.87. The summed E-state index contributed by atoms with van der Waals surface area (Å²) in [6.45, 7) is 8.67. The number of likely N-dealkylation sites (tertiary alicyclic amines) is 1. The van der Waals surface area contributed by atoms with Crippen molar-refractivity contribution in [3.63, 3.8) is 0 Å². The smallest absolute Gasteiger partial charge is 0.0666 e. The van der Waals surface area contributed by atoms with Crippen molar-refractivity contribution >= 4 is 0 Å². The van der Waals surface area contributed by atoms with Crippen LogP contribution in [0.15, 0.2) is 6.20 Å². The standard InChI is InChI=1S/C14H26N4/c1-4-14-13(8-17(3)16-14)10-18-6-5-11(2)12(7-15)9-18/h8,11-12H,4-7,9-10,15H2,1-3H3. The minimum Gasteiger partial charge on any atom is -0.330 e. The minimum absolute atomic E-state index is 0.653. The van der Waals surface area contributed by atoms with Crippen LogP contribution in [-0.4, -0.2) is 34.3 Å². The first-order valence-electron chi connectivity index (χ1n) is 7.07. The number of rotatable bonds is 4. The van der Waals surface area contributed by atoms with Gasteiger partial charge in [-0.1, -0.05) is 13.8 Å². The minimum atomic E-state index is 0.653. The van der Waals surface area contributed by atoms with Gasteiger partial charge in [-0.2, -0.15) is 5.10 Å². The Morgan fingerprint density at radius 3 is 2.94 bits per heavy atom. The summed E-state index contributed by atoms with van der Waals surface area (Å²) < 4.78 is 1.93. The second-order valence-electron chi connectivity index (χ2n) is 5.63. The fourth-order valence-electron chi connectivity index (χ4n) is 2.93. The zero-order chi connectivity index (χ0) is 13.1. The molecular formula is C14H26N4. The summed E-state index contributed by atoms with van der Waals surface area (Å²) >= 11 is 0. The van der Waals surface area contributed by atoms with E-state index >= 15 is 0 Å². The molecule has 0 amide bonds. The molecule has 2 rings (SSSR count). The van der Waals surface area contributed by atoms with Crippen molar-refractivity contribution in [1.82, 2.24) is 14.7 Å². The monoisotopic (exact) mass is 250 g/mol. The van der Waals surface area contributed by atoms with Gasteiger partial charge in [-0.05, 0) is 37.8 Å². The van der Waals surface area contributed by atoms with Gasteiger partial charge in [0.15, 0.2) is 0 Å². The lowest BCUT2D eigenvalue weighted by Gasteiger charge is -2.36. The lowest BCUT2D eigenvalue weighted by atomic mass is 9.87. The van der Waals surface area contributed by atoms with Gasteiger partial charge in [0, 0.05) is 31.9 Å². The van der Waals surface area contributed by atoms with E-state index < -0.39 is 0 Å². The summed E-state index contributed by atoms with van der Waals surface area (Å²) in [6.07, 6.45) is 4.44. The van der Waals surface area contributed by atoms with Gasteiger partial charge in [0.05, 0.1) is 5.69 Å². The molecule has 1 aromatic heterocycles. The van der Waals surface area contributed by atoms with E-state index in [1.807, 2.05) is 11.7 Å². The number of hydrogen-bond acceptors (Lipinski definition) is 3. The third-order valence-corrected chi connectivity index (χ3v) is 4.22. The predicted octanol–water partition coefficient (Wildman–Crippen LogP) is 1.40. The first-order valence-corrected chi connectivity index (χ1v) is 7.07. The first kappa shape index (κ1) is 13.6. The van der Waals surface area contributed by atoms with E-state index in [1.165, 1.54) is 24.2 Å². The van der Waals surface area contributed by atoms with Gasteiger partial charge in [-0.3, -0.25) is 9.58 Å². The predicted molar refractivity (Wildman–Crippen MR) is 74.2 cm³/mol. The molecule has 1 fully saturated rings. The molecule has 0 aliphatic carbocycles. The lowest BCUT2D eigenvalue weighted by molar-refractivity contribution is 0.126. The highest BCUT2D eigenvalue weighted by Crippen LogP contribution is 2.24. The van der Waals surface area contributed by atoms with Crippen molar-refractivity contribution in [3.05, 3.63) is 17.5 Å². The molecule has 0 bridgehead atoms. The van der Waals surface area contributed by atoms with Crippen molar-refractivity contribution in [3.8, 4) is 0 Å². The molecule has 0 spiro atoms. The van der Waals surface area contributed by atoms with E-state index in [-0.39, 0.29) is 0 Å². The van der Waals surface area contributed by atoms with Crippen molar-refractivity contribution in [2.24, 2.45) is 24.6 Å². The SMILES string of the molecule is CCc1nn(C)cc1CN1CCC(C)C(CN)C1. The van der Waals surface area contributed by atoms with Crippen LogP contribution in [0, 0.1) is 11.8 Å². The normalized spacial score (nSPS) is 25.6. The Bertz CT molecular complexity index is 385. The molecule has 1 aliphatic heterocycles. The molecule has 1 aliphatic rings. The topological polar surface area (TPSA) is 47.1 Å². The van der Waals surface area contributed by atoms with Gasteiger partial charge in [-0.15, -0.1) is 0 Å². The molecule has 1 saturated heterocycles. The van der Waals surface area contributed by atoms with Crippen LogP contribution in [0.5, 0.6) is 0 Å². The summed E-state index contributed by atoms with van der Waals surface area (Å²) in [7, 11) is 2.00. The Hall–Kier alpha value is -0.870. The first-order chi connectivity index (χ1) is 8.63. The fourth-order valence-corrected chi connectivity index (χ4v) is 2.93. The van der Waals surface area contributed by atoms with Crippen LogP contribution in [0.1, 0.15) is 31.5 Å². The van der Waals surface area contributed by atoms with Crippen molar-refractivity contribution in [2.75, 3.05) is 19.6 Å². The molecule has 1 aromatic rings. The Kier molecular flexibility index (Phi) is 4.40. The van der Waals surface area contributed by atoms with Crippen LogP contribution in [0.3, 0.4) is 0 Å². The van der Waals surface area contributed by atoms with Gasteiger partial charge in [0.1, 0.15) is 0 Å². The second-order valence-corrected chi connectivity index (χ2v) is 5.63. The molecule has 0 aromatic carbocycles. The Balaban J connectivity index is 2.00. The maximum absolute atomic E-state index is 5.87. The second kappa shape index (κ2) is 5.85. The fraction of sp³-hybridized carbons (Fsp3) is 0.786. The van der Waals surface area contributed by atoms with Crippen molar-refractivity contribution in [1.29, 1.82) is 0 Å². The molecule has 4 heteroatoms. The third kappa shape index (κ3) is 2.93. The highest BCUT2D eigenvalue weighted by Gasteiger charge is 2.25. The quantitative estimate of drug-likeness (QED) is 0.878. The summed E-state index contributed by atoms with van der Waals surface area (Å²) in [5, 5.41) is 4.51. The Labute approximate surface area is 110 Å². The van der Waals surface area contributed by atoms with Crippen LogP contribution in [0.2, 0.25) is 0 Å². The highest BCUT2D eigenvalue weighted by molar-refractivity contribution is 5.17.